The van der Waals surface area contributed by atoms with Crippen molar-refractivity contribution in [1.82, 2.24) is 9.80 Å². The Morgan fingerprint density at radius 3 is 2.27 bits per heavy atom. The summed E-state index contributed by atoms with van der Waals surface area (Å²) in [7, 11) is 0. The first-order valence-electron chi connectivity index (χ1n) is 10.0. The molecule has 0 radical (unpaired) electrons. The van der Waals surface area contributed by atoms with Gasteiger partial charge in [-0.3, -0.25) is 9.69 Å². The molecule has 2 heterocycles. The van der Waals surface area contributed by atoms with E-state index in [0.29, 0.717) is 11.9 Å². The third-order valence-corrected chi connectivity index (χ3v) is 6.47. The Hall–Kier alpha value is -2.13. The van der Waals surface area contributed by atoms with Gasteiger partial charge in [0.15, 0.2) is 0 Å². The van der Waals surface area contributed by atoms with Crippen LogP contribution >= 0.6 is 0 Å². The number of nitrogens with zero attached hydrogens (tertiary/aromatic N) is 2. The Kier molecular flexibility index (Phi) is 4.05. The standard InChI is InChI=1S/C23H26N2O/c26-23-21-15-18-11-7-8-12-19(18)16-24(21)22(17-9-3-1-4-10-17)25(23)20-13-5-2-6-14-20/h1,3-4,7-12,20-22H,2,5-6,13-16H2/t21-,22+/m0/s1. The van der Waals surface area contributed by atoms with Gasteiger partial charge >= 0.3 is 0 Å². The van der Waals surface area contributed by atoms with E-state index < -0.39 is 0 Å². The summed E-state index contributed by atoms with van der Waals surface area (Å²) in [6.07, 6.45) is 7.06. The van der Waals surface area contributed by atoms with Crippen molar-refractivity contribution in [1.29, 1.82) is 0 Å². The van der Waals surface area contributed by atoms with E-state index in [4.69, 9.17) is 0 Å². The van der Waals surface area contributed by atoms with Crippen LogP contribution in [0.25, 0.3) is 0 Å². The van der Waals surface area contributed by atoms with Gasteiger partial charge in [-0.1, -0.05) is 73.9 Å². The van der Waals surface area contributed by atoms with Gasteiger partial charge in [-0.05, 0) is 36.0 Å². The maximum absolute atomic E-state index is 13.5. The summed E-state index contributed by atoms with van der Waals surface area (Å²) in [5.74, 6) is 0.347. The fourth-order valence-electron chi connectivity index (χ4n) is 5.20. The topological polar surface area (TPSA) is 23.6 Å². The molecule has 0 N–H and O–H groups in total. The number of fused-ring (bicyclic) bond motifs is 2. The number of hydrogen-bond acceptors (Lipinski definition) is 2. The Labute approximate surface area is 155 Å². The molecule has 0 bridgehead atoms. The van der Waals surface area contributed by atoms with E-state index in [2.05, 4.69) is 64.4 Å². The van der Waals surface area contributed by atoms with E-state index in [0.717, 1.165) is 25.8 Å². The molecular weight excluding hydrogens is 320 g/mol. The molecule has 0 spiro atoms. The van der Waals surface area contributed by atoms with Crippen molar-refractivity contribution in [2.24, 2.45) is 0 Å². The SMILES string of the molecule is O=C1[C@@H]2Cc3ccccc3CN2[C@@H](c2ccccc2)N1C1CCCCC1. The maximum Gasteiger partial charge on any atom is 0.242 e. The van der Waals surface area contributed by atoms with Crippen LogP contribution in [0, 0.1) is 0 Å². The van der Waals surface area contributed by atoms with Gasteiger partial charge in [-0.15, -0.1) is 0 Å². The lowest BCUT2D eigenvalue weighted by Crippen LogP contribution is -2.41. The van der Waals surface area contributed by atoms with E-state index in [-0.39, 0.29) is 12.2 Å². The van der Waals surface area contributed by atoms with Crippen molar-refractivity contribution in [3.8, 4) is 0 Å². The Bertz CT molecular complexity index is 797. The molecule has 2 atom stereocenters. The second-order valence-corrected chi connectivity index (χ2v) is 7.98. The Morgan fingerprint density at radius 2 is 1.50 bits per heavy atom. The van der Waals surface area contributed by atoms with Gasteiger partial charge in [0.25, 0.3) is 0 Å². The van der Waals surface area contributed by atoms with Crippen LogP contribution in [0.1, 0.15) is 55.0 Å². The minimum absolute atomic E-state index is 0.00275. The van der Waals surface area contributed by atoms with Crippen LogP contribution in [-0.4, -0.2) is 27.8 Å². The highest BCUT2D eigenvalue weighted by Crippen LogP contribution is 2.43. The Morgan fingerprint density at radius 1 is 0.808 bits per heavy atom. The quantitative estimate of drug-likeness (QED) is 0.810. The molecule has 3 aliphatic rings. The highest BCUT2D eigenvalue weighted by molar-refractivity contribution is 5.85. The van der Waals surface area contributed by atoms with Crippen LogP contribution in [0.15, 0.2) is 54.6 Å². The van der Waals surface area contributed by atoms with Crippen molar-refractivity contribution in [2.75, 3.05) is 0 Å². The van der Waals surface area contributed by atoms with Gasteiger partial charge in [0.2, 0.25) is 5.91 Å². The maximum atomic E-state index is 13.5. The summed E-state index contributed by atoms with van der Waals surface area (Å²) in [6, 6.07) is 19.7. The molecule has 0 aromatic heterocycles. The first kappa shape index (κ1) is 16.1. The summed E-state index contributed by atoms with van der Waals surface area (Å²) in [6.45, 7) is 0.870. The highest BCUT2D eigenvalue weighted by atomic mass is 16.2. The smallest absolute Gasteiger partial charge is 0.242 e. The van der Waals surface area contributed by atoms with E-state index in [1.165, 1.54) is 36.0 Å². The first-order valence-corrected chi connectivity index (χ1v) is 10.0. The van der Waals surface area contributed by atoms with E-state index >= 15 is 0 Å². The highest BCUT2D eigenvalue weighted by Gasteiger charge is 2.50. The molecule has 26 heavy (non-hydrogen) atoms. The van der Waals surface area contributed by atoms with Crippen LogP contribution in [0.4, 0.5) is 0 Å². The molecule has 1 amide bonds. The van der Waals surface area contributed by atoms with Crippen LogP contribution in [0.2, 0.25) is 0 Å². The third-order valence-electron chi connectivity index (χ3n) is 6.47. The number of benzene rings is 2. The average molecular weight is 346 g/mol. The van der Waals surface area contributed by atoms with Gasteiger partial charge < -0.3 is 4.90 Å². The van der Waals surface area contributed by atoms with Gasteiger partial charge in [0.1, 0.15) is 6.17 Å². The summed E-state index contributed by atoms with van der Waals surface area (Å²) in [5, 5.41) is 0. The molecule has 1 saturated carbocycles. The number of carbonyl (C=O) groups excluding carboxylic acids is 1. The fraction of sp³-hybridized carbons (Fsp3) is 0.435. The number of rotatable bonds is 2. The molecular formula is C23H26N2O. The van der Waals surface area contributed by atoms with Crippen LogP contribution in [0.3, 0.4) is 0 Å². The molecule has 134 valence electrons. The van der Waals surface area contributed by atoms with Crippen LogP contribution in [-0.2, 0) is 17.8 Å². The van der Waals surface area contributed by atoms with Gasteiger partial charge in [0, 0.05) is 12.6 Å². The first-order chi connectivity index (χ1) is 12.8. The molecule has 1 saturated heterocycles. The zero-order chi connectivity index (χ0) is 17.5. The largest absolute Gasteiger partial charge is 0.318 e. The molecule has 3 heteroatoms. The average Bonchev–Trinajstić information content (AvgIpc) is 2.99. The van der Waals surface area contributed by atoms with E-state index in [1.807, 2.05) is 0 Å². The summed E-state index contributed by atoms with van der Waals surface area (Å²) in [4.78, 5) is 18.2. The monoisotopic (exact) mass is 346 g/mol. The molecule has 2 aromatic rings. The lowest BCUT2D eigenvalue weighted by molar-refractivity contribution is -0.133. The summed E-state index contributed by atoms with van der Waals surface area (Å²) < 4.78 is 0. The van der Waals surface area contributed by atoms with Crippen molar-refractivity contribution in [2.45, 2.75) is 63.3 Å². The number of amides is 1. The van der Waals surface area contributed by atoms with E-state index in [1.54, 1.807) is 0 Å². The Balaban J connectivity index is 1.56. The van der Waals surface area contributed by atoms with E-state index in [9.17, 15) is 4.79 Å². The zero-order valence-corrected chi connectivity index (χ0v) is 15.2. The molecule has 1 aliphatic carbocycles. The molecule has 5 rings (SSSR count). The fourth-order valence-corrected chi connectivity index (χ4v) is 5.20. The van der Waals surface area contributed by atoms with Gasteiger partial charge in [0.05, 0.1) is 6.04 Å². The third kappa shape index (κ3) is 2.57. The predicted molar refractivity (Wildman–Crippen MR) is 102 cm³/mol. The summed E-state index contributed by atoms with van der Waals surface area (Å²) >= 11 is 0. The van der Waals surface area contributed by atoms with Crippen LogP contribution < -0.4 is 0 Å². The normalized spacial score (nSPS) is 26.6. The number of carbonyl (C=O) groups is 1. The van der Waals surface area contributed by atoms with Crippen LogP contribution in [0.5, 0.6) is 0 Å². The predicted octanol–water partition coefficient (Wildman–Crippen LogP) is 4.29. The number of hydrogen-bond donors (Lipinski definition) is 0. The molecule has 2 aliphatic heterocycles. The zero-order valence-electron chi connectivity index (χ0n) is 15.2. The molecule has 3 nitrogen and oxygen atoms in total. The van der Waals surface area contributed by atoms with Crippen molar-refractivity contribution in [3.05, 3.63) is 71.3 Å². The lowest BCUT2D eigenvalue weighted by Gasteiger charge is -2.38. The lowest BCUT2D eigenvalue weighted by atomic mass is 9.93. The second-order valence-electron chi connectivity index (χ2n) is 7.98. The summed E-state index contributed by atoms with van der Waals surface area (Å²) in [5.41, 5.74) is 3.98. The van der Waals surface area contributed by atoms with Gasteiger partial charge in [-0.2, -0.15) is 0 Å². The van der Waals surface area contributed by atoms with Crippen molar-refractivity contribution >= 4 is 5.91 Å². The molecule has 0 unspecified atom stereocenters. The molecule has 2 aromatic carbocycles. The minimum Gasteiger partial charge on any atom is -0.318 e. The van der Waals surface area contributed by atoms with Gasteiger partial charge in [-0.25, -0.2) is 0 Å². The van der Waals surface area contributed by atoms with Crippen molar-refractivity contribution < 1.29 is 4.79 Å². The molecule has 2 fully saturated rings. The second kappa shape index (κ2) is 6.55. The van der Waals surface area contributed by atoms with Crippen molar-refractivity contribution in [3.63, 3.8) is 0 Å². The minimum atomic E-state index is -0.00275.